The van der Waals surface area contributed by atoms with E-state index >= 15 is 0 Å². The molecule has 1 amide bonds. The topological polar surface area (TPSA) is 74.2 Å². The number of anilines is 2. The van der Waals surface area contributed by atoms with Crippen LogP contribution >= 0.6 is 11.6 Å². The SMILES string of the molecule is N#Cc1ccc(NCC(=O)Nc2ccc(OC(F)F)c(Cl)c2)cc1. The third kappa shape index (κ3) is 5.11. The molecule has 0 spiro atoms. The highest BCUT2D eigenvalue weighted by molar-refractivity contribution is 6.32. The van der Waals surface area contributed by atoms with Gasteiger partial charge in [-0.1, -0.05) is 11.6 Å². The number of halogens is 3. The minimum absolute atomic E-state index is 0.0151. The predicted octanol–water partition coefficient (Wildman–Crippen LogP) is 3.86. The van der Waals surface area contributed by atoms with Crippen molar-refractivity contribution in [2.24, 2.45) is 0 Å². The maximum atomic E-state index is 12.1. The van der Waals surface area contributed by atoms with Crippen LogP contribution in [0, 0.1) is 11.3 Å². The zero-order chi connectivity index (χ0) is 17.5. The summed E-state index contributed by atoms with van der Waals surface area (Å²) in [7, 11) is 0. The van der Waals surface area contributed by atoms with Gasteiger partial charge in [-0.25, -0.2) is 0 Å². The molecule has 0 fully saturated rings. The lowest BCUT2D eigenvalue weighted by molar-refractivity contribution is -0.114. The van der Waals surface area contributed by atoms with Gasteiger partial charge in [0.15, 0.2) is 0 Å². The van der Waals surface area contributed by atoms with Gasteiger partial charge in [0.1, 0.15) is 5.75 Å². The van der Waals surface area contributed by atoms with Crippen molar-refractivity contribution in [1.82, 2.24) is 0 Å². The molecule has 0 aliphatic rings. The Balaban J connectivity index is 1.89. The molecule has 124 valence electrons. The summed E-state index contributed by atoms with van der Waals surface area (Å²) in [6.45, 7) is -2.99. The molecule has 2 N–H and O–H groups in total. The van der Waals surface area contributed by atoms with Crippen molar-refractivity contribution in [2.45, 2.75) is 6.61 Å². The number of amides is 1. The van der Waals surface area contributed by atoms with Crippen molar-refractivity contribution < 1.29 is 18.3 Å². The van der Waals surface area contributed by atoms with Crippen molar-refractivity contribution >= 4 is 28.9 Å². The van der Waals surface area contributed by atoms with E-state index in [2.05, 4.69) is 15.4 Å². The molecule has 0 aliphatic heterocycles. The first-order valence-corrected chi connectivity index (χ1v) is 7.14. The molecule has 2 rings (SSSR count). The number of rotatable bonds is 6. The largest absolute Gasteiger partial charge is 0.433 e. The Kier molecular flexibility index (Phi) is 5.93. The second-order valence-electron chi connectivity index (χ2n) is 4.61. The Labute approximate surface area is 141 Å². The molecule has 0 aliphatic carbocycles. The molecule has 2 aromatic rings. The maximum absolute atomic E-state index is 12.1. The van der Waals surface area contributed by atoms with E-state index in [1.54, 1.807) is 24.3 Å². The van der Waals surface area contributed by atoms with E-state index in [1.165, 1.54) is 18.2 Å². The second kappa shape index (κ2) is 8.13. The average Bonchev–Trinajstić information content (AvgIpc) is 2.55. The van der Waals surface area contributed by atoms with Gasteiger partial charge in [-0.3, -0.25) is 4.79 Å². The Morgan fingerprint density at radius 2 is 1.88 bits per heavy atom. The number of nitrogens with zero attached hydrogens (tertiary/aromatic N) is 1. The standard InChI is InChI=1S/C16H12ClF2N3O2/c17-13-7-12(5-6-14(13)24-16(18)19)22-15(23)9-21-11-3-1-10(8-20)2-4-11/h1-7,16,21H,9H2,(H,22,23). The van der Waals surface area contributed by atoms with Gasteiger partial charge in [-0.15, -0.1) is 0 Å². The van der Waals surface area contributed by atoms with Crippen molar-refractivity contribution in [3.63, 3.8) is 0 Å². The summed E-state index contributed by atoms with van der Waals surface area (Å²) in [4.78, 5) is 11.9. The van der Waals surface area contributed by atoms with Crippen LogP contribution in [0.4, 0.5) is 20.2 Å². The zero-order valence-electron chi connectivity index (χ0n) is 12.2. The Hall–Kier alpha value is -2.85. The Morgan fingerprint density at radius 3 is 2.46 bits per heavy atom. The van der Waals surface area contributed by atoms with Crippen molar-refractivity contribution in [3.8, 4) is 11.8 Å². The van der Waals surface area contributed by atoms with Crippen molar-refractivity contribution in [2.75, 3.05) is 17.2 Å². The minimum atomic E-state index is -2.97. The Morgan fingerprint density at radius 1 is 1.21 bits per heavy atom. The van der Waals surface area contributed by atoms with Crippen LogP contribution in [-0.2, 0) is 4.79 Å². The molecule has 0 unspecified atom stereocenters. The van der Waals surface area contributed by atoms with Gasteiger partial charge < -0.3 is 15.4 Å². The molecule has 2 aromatic carbocycles. The fraction of sp³-hybridized carbons (Fsp3) is 0.125. The molecule has 0 atom stereocenters. The summed E-state index contributed by atoms with van der Waals surface area (Å²) in [6, 6.07) is 12.6. The number of hydrogen-bond acceptors (Lipinski definition) is 4. The quantitative estimate of drug-likeness (QED) is 0.828. The van der Waals surface area contributed by atoms with Crippen LogP contribution in [0.3, 0.4) is 0 Å². The zero-order valence-corrected chi connectivity index (χ0v) is 13.0. The van der Waals surface area contributed by atoms with Crippen LogP contribution in [0.25, 0.3) is 0 Å². The van der Waals surface area contributed by atoms with Gasteiger partial charge in [0.25, 0.3) is 0 Å². The third-order valence-corrected chi connectivity index (χ3v) is 3.19. The van der Waals surface area contributed by atoms with Crippen LogP contribution in [0.2, 0.25) is 5.02 Å². The van der Waals surface area contributed by atoms with Crippen LogP contribution in [0.5, 0.6) is 5.75 Å². The molecule has 5 nitrogen and oxygen atoms in total. The summed E-state index contributed by atoms with van der Waals surface area (Å²) in [6.07, 6.45) is 0. The van der Waals surface area contributed by atoms with Crippen molar-refractivity contribution in [3.05, 3.63) is 53.1 Å². The van der Waals surface area contributed by atoms with Crippen LogP contribution in [-0.4, -0.2) is 19.1 Å². The molecular formula is C16H12ClF2N3O2. The smallest absolute Gasteiger partial charge is 0.387 e. The first kappa shape index (κ1) is 17.5. The predicted molar refractivity (Wildman–Crippen MR) is 86.4 cm³/mol. The number of benzene rings is 2. The van der Waals surface area contributed by atoms with E-state index in [9.17, 15) is 13.6 Å². The molecule has 0 saturated heterocycles. The molecule has 0 heterocycles. The number of carbonyl (C=O) groups excluding carboxylic acids is 1. The van der Waals surface area contributed by atoms with Gasteiger partial charge >= 0.3 is 6.61 Å². The van der Waals surface area contributed by atoms with Crippen LogP contribution in [0.1, 0.15) is 5.56 Å². The minimum Gasteiger partial charge on any atom is -0.433 e. The van der Waals surface area contributed by atoms with Gasteiger partial charge in [-0.2, -0.15) is 14.0 Å². The summed E-state index contributed by atoms with van der Waals surface area (Å²) >= 11 is 5.81. The normalized spacial score (nSPS) is 10.1. The average molecular weight is 352 g/mol. The lowest BCUT2D eigenvalue weighted by atomic mass is 10.2. The lowest BCUT2D eigenvalue weighted by Gasteiger charge is -2.10. The van der Waals surface area contributed by atoms with E-state index in [1.807, 2.05) is 6.07 Å². The van der Waals surface area contributed by atoms with Gasteiger partial charge in [0.2, 0.25) is 5.91 Å². The third-order valence-electron chi connectivity index (χ3n) is 2.90. The number of ether oxygens (including phenoxy) is 1. The highest BCUT2D eigenvalue weighted by Gasteiger charge is 2.10. The molecule has 0 radical (unpaired) electrons. The summed E-state index contributed by atoms with van der Waals surface area (Å²) in [5.41, 5.74) is 1.56. The molecular weight excluding hydrogens is 340 g/mol. The highest BCUT2D eigenvalue weighted by atomic mass is 35.5. The Bertz CT molecular complexity index is 761. The number of carbonyl (C=O) groups is 1. The number of nitriles is 1. The number of hydrogen-bond donors (Lipinski definition) is 2. The first-order chi connectivity index (χ1) is 11.5. The first-order valence-electron chi connectivity index (χ1n) is 6.76. The number of nitrogens with one attached hydrogen (secondary N) is 2. The molecule has 0 aromatic heterocycles. The fourth-order valence-electron chi connectivity index (χ4n) is 1.82. The maximum Gasteiger partial charge on any atom is 0.387 e. The molecule has 8 heteroatoms. The van der Waals surface area contributed by atoms with E-state index < -0.39 is 6.61 Å². The summed E-state index contributed by atoms with van der Waals surface area (Å²) in [5.74, 6) is -0.515. The van der Waals surface area contributed by atoms with E-state index in [0.717, 1.165) is 0 Å². The molecule has 0 bridgehead atoms. The monoisotopic (exact) mass is 351 g/mol. The highest BCUT2D eigenvalue weighted by Crippen LogP contribution is 2.28. The fourth-order valence-corrected chi connectivity index (χ4v) is 2.05. The van der Waals surface area contributed by atoms with Crippen LogP contribution < -0.4 is 15.4 Å². The van der Waals surface area contributed by atoms with Crippen LogP contribution in [0.15, 0.2) is 42.5 Å². The van der Waals surface area contributed by atoms with Gasteiger partial charge in [0, 0.05) is 11.4 Å². The molecule has 24 heavy (non-hydrogen) atoms. The van der Waals surface area contributed by atoms with E-state index in [-0.39, 0.29) is 23.2 Å². The van der Waals surface area contributed by atoms with E-state index in [0.29, 0.717) is 16.9 Å². The van der Waals surface area contributed by atoms with Gasteiger partial charge in [-0.05, 0) is 42.5 Å². The molecule has 0 saturated carbocycles. The second-order valence-corrected chi connectivity index (χ2v) is 5.02. The van der Waals surface area contributed by atoms with Crippen molar-refractivity contribution in [1.29, 1.82) is 5.26 Å². The van der Waals surface area contributed by atoms with E-state index in [4.69, 9.17) is 16.9 Å². The summed E-state index contributed by atoms with van der Waals surface area (Å²) in [5, 5.41) is 14.1. The lowest BCUT2D eigenvalue weighted by Crippen LogP contribution is -2.21. The summed E-state index contributed by atoms with van der Waals surface area (Å²) < 4.78 is 28.5. The van der Waals surface area contributed by atoms with Gasteiger partial charge in [0.05, 0.1) is 23.2 Å². The number of alkyl halides is 2.